The molecule has 2 amide bonds. The van der Waals surface area contributed by atoms with Crippen molar-refractivity contribution in [3.05, 3.63) is 45.4 Å². The Morgan fingerprint density at radius 1 is 1.25 bits per heavy atom. The molecule has 0 saturated heterocycles. The van der Waals surface area contributed by atoms with E-state index in [1.54, 1.807) is 0 Å². The maximum Gasteiger partial charge on any atom is 0.316 e. The number of amides is 2. The Hall–Kier alpha value is -2.88. The maximum atomic E-state index is 12.6. The van der Waals surface area contributed by atoms with Crippen LogP contribution in [0.4, 0.5) is 10.5 Å². The first-order chi connectivity index (χ1) is 11.0. The molecule has 0 aliphatic heterocycles. The molecule has 0 unspecified atom stereocenters. The van der Waals surface area contributed by atoms with E-state index in [-0.39, 0.29) is 27.3 Å². The van der Waals surface area contributed by atoms with Crippen molar-refractivity contribution in [1.29, 1.82) is 0 Å². The van der Waals surface area contributed by atoms with Gasteiger partial charge in [0.2, 0.25) is 5.78 Å². The molecule has 1 aromatic carbocycles. The van der Waals surface area contributed by atoms with Gasteiger partial charge in [-0.25, -0.2) is 13.2 Å². The number of carbonyl (C=O) groups is 2. The number of primary amides is 1. The first-order valence-corrected chi connectivity index (χ1v) is 8.62. The van der Waals surface area contributed by atoms with Gasteiger partial charge in [-0.1, -0.05) is 0 Å². The van der Waals surface area contributed by atoms with E-state index in [1.165, 1.54) is 32.3 Å². The summed E-state index contributed by atoms with van der Waals surface area (Å²) in [5.41, 5.74) is 4.67. The number of aromatic amines is 1. The van der Waals surface area contributed by atoms with Crippen molar-refractivity contribution in [2.75, 3.05) is 11.6 Å². The average Bonchev–Trinajstić information content (AvgIpc) is 2.78. The van der Waals surface area contributed by atoms with E-state index in [2.05, 4.69) is 10.4 Å². The molecule has 0 fully saturated rings. The number of urea groups is 1. The number of benzene rings is 1. The zero-order chi connectivity index (χ0) is 18.2. The number of H-pyrrole nitrogens is 1. The lowest BCUT2D eigenvalue weighted by molar-refractivity contribution is 0.103. The van der Waals surface area contributed by atoms with E-state index in [9.17, 15) is 22.8 Å². The monoisotopic (exact) mass is 352 g/mol. The Labute approximate surface area is 137 Å². The normalized spacial score (nSPS) is 11.3. The number of sulfone groups is 1. The summed E-state index contributed by atoms with van der Waals surface area (Å²) in [4.78, 5) is 35.5. The van der Waals surface area contributed by atoms with Crippen LogP contribution in [0.1, 0.15) is 21.5 Å². The van der Waals surface area contributed by atoms with Crippen LogP contribution < -0.4 is 16.6 Å². The number of hydrogen-bond acceptors (Lipinski definition) is 5. The van der Waals surface area contributed by atoms with Gasteiger partial charge in [-0.2, -0.15) is 0 Å². The van der Waals surface area contributed by atoms with Crippen molar-refractivity contribution in [3.8, 4) is 0 Å². The molecule has 4 N–H and O–H groups in total. The molecule has 2 rings (SSSR count). The zero-order valence-electron chi connectivity index (χ0n) is 13.2. The zero-order valence-corrected chi connectivity index (χ0v) is 14.0. The summed E-state index contributed by atoms with van der Waals surface area (Å²) in [6.45, 7) is 1.46. The molecule has 0 saturated carbocycles. The second-order valence-corrected chi connectivity index (χ2v) is 7.24. The molecule has 2 aromatic rings. The van der Waals surface area contributed by atoms with Gasteiger partial charge in [-0.3, -0.25) is 14.3 Å². The summed E-state index contributed by atoms with van der Waals surface area (Å²) in [5.74, 6) is -0.595. The van der Waals surface area contributed by atoms with Gasteiger partial charge in [0.15, 0.2) is 9.84 Å². The van der Waals surface area contributed by atoms with E-state index in [0.29, 0.717) is 0 Å². The fourth-order valence-electron chi connectivity index (χ4n) is 2.29. The molecule has 0 aliphatic carbocycles. The molecule has 0 bridgehead atoms. The molecule has 0 aliphatic rings. The fourth-order valence-corrected chi connectivity index (χ4v) is 3.18. The molecule has 128 valence electrons. The third-order valence-corrected chi connectivity index (χ3v) is 4.64. The second-order valence-electron chi connectivity index (χ2n) is 5.25. The summed E-state index contributed by atoms with van der Waals surface area (Å²) in [6.07, 6.45) is 2.23. The SMILES string of the molecule is Cc1c(C(=O)c2c[nH]n(C)c2=O)ccc(S(C)(=O)=O)c1NC(N)=O. The van der Waals surface area contributed by atoms with Gasteiger partial charge in [0.1, 0.15) is 5.56 Å². The number of rotatable bonds is 4. The molecule has 10 heteroatoms. The minimum Gasteiger partial charge on any atom is -0.351 e. The van der Waals surface area contributed by atoms with Crippen LogP contribution in [-0.2, 0) is 16.9 Å². The van der Waals surface area contributed by atoms with Crippen LogP contribution in [0.3, 0.4) is 0 Å². The lowest BCUT2D eigenvalue weighted by atomic mass is 9.99. The van der Waals surface area contributed by atoms with Crippen LogP contribution in [-0.4, -0.2) is 36.3 Å². The molecule has 0 radical (unpaired) electrons. The number of aryl methyl sites for hydroxylation is 1. The van der Waals surface area contributed by atoms with Gasteiger partial charge in [-0.15, -0.1) is 0 Å². The molecular weight excluding hydrogens is 336 g/mol. The van der Waals surface area contributed by atoms with Gasteiger partial charge >= 0.3 is 6.03 Å². The minimum atomic E-state index is -3.67. The number of aromatic nitrogens is 2. The van der Waals surface area contributed by atoms with E-state index in [0.717, 1.165) is 10.9 Å². The quantitative estimate of drug-likeness (QED) is 0.671. The molecule has 1 aromatic heterocycles. The molecule has 24 heavy (non-hydrogen) atoms. The molecular formula is C14H16N4O5S. The maximum absolute atomic E-state index is 12.6. The summed E-state index contributed by atoms with van der Waals surface area (Å²) in [6, 6.07) is 1.52. The van der Waals surface area contributed by atoms with Crippen molar-refractivity contribution in [1.82, 2.24) is 9.78 Å². The summed E-state index contributed by atoms with van der Waals surface area (Å²) < 4.78 is 24.9. The lowest BCUT2D eigenvalue weighted by Gasteiger charge is -2.14. The standard InChI is InChI=1S/C14H16N4O5S/c1-7-8(12(19)9-6-16-18(2)13(9)20)4-5-10(24(3,22)23)11(7)17-14(15)21/h4-6,16H,1-3H3,(H3,15,17,21). The smallest absolute Gasteiger partial charge is 0.316 e. The van der Waals surface area contributed by atoms with Gasteiger partial charge < -0.3 is 16.1 Å². The Kier molecular flexibility index (Phi) is 4.34. The fraction of sp³-hybridized carbons (Fsp3) is 0.214. The van der Waals surface area contributed by atoms with Crippen LogP contribution >= 0.6 is 0 Å². The third-order valence-electron chi connectivity index (χ3n) is 3.50. The molecule has 9 nitrogen and oxygen atoms in total. The van der Waals surface area contributed by atoms with Gasteiger partial charge in [0.05, 0.1) is 10.6 Å². The number of nitrogens with zero attached hydrogens (tertiary/aromatic N) is 1. The highest BCUT2D eigenvalue weighted by Gasteiger charge is 2.23. The number of hydrogen-bond donors (Lipinski definition) is 3. The van der Waals surface area contributed by atoms with Crippen molar-refractivity contribution < 1.29 is 18.0 Å². The number of nitrogens with two attached hydrogens (primary N) is 1. The summed E-state index contributed by atoms with van der Waals surface area (Å²) in [5, 5.41) is 4.82. The topological polar surface area (TPSA) is 144 Å². The number of anilines is 1. The van der Waals surface area contributed by atoms with Crippen LogP contribution in [0.5, 0.6) is 0 Å². The van der Waals surface area contributed by atoms with E-state index >= 15 is 0 Å². The predicted molar refractivity (Wildman–Crippen MR) is 87.0 cm³/mol. The van der Waals surface area contributed by atoms with Crippen LogP contribution in [0.15, 0.2) is 28.0 Å². The Bertz CT molecular complexity index is 1000. The van der Waals surface area contributed by atoms with Crippen molar-refractivity contribution >= 4 is 27.3 Å². The van der Waals surface area contributed by atoms with Crippen molar-refractivity contribution in [2.45, 2.75) is 11.8 Å². The van der Waals surface area contributed by atoms with E-state index < -0.39 is 27.2 Å². The minimum absolute atomic E-state index is 0.0804. The van der Waals surface area contributed by atoms with Crippen LogP contribution in [0.25, 0.3) is 0 Å². The highest BCUT2D eigenvalue weighted by Crippen LogP contribution is 2.29. The van der Waals surface area contributed by atoms with E-state index in [4.69, 9.17) is 5.73 Å². The molecule has 1 heterocycles. The summed E-state index contributed by atoms with van der Waals surface area (Å²) in [7, 11) is -2.21. The van der Waals surface area contributed by atoms with Crippen molar-refractivity contribution in [3.63, 3.8) is 0 Å². The first kappa shape index (κ1) is 17.5. The predicted octanol–water partition coefficient (Wildman–Crippen LogP) is 0.147. The first-order valence-electron chi connectivity index (χ1n) is 6.73. The third kappa shape index (κ3) is 3.08. The Morgan fingerprint density at radius 3 is 2.33 bits per heavy atom. The van der Waals surface area contributed by atoms with Gasteiger partial charge in [0.25, 0.3) is 5.56 Å². The molecule has 0 atom stereocenters. The van der Waals surface area contributed by atoms with Crippen molar-refractivity contribution in [2.24, 2.45) is 12.8 Å². The van der Waals surface area contributed by atoms with Crippen LogP contribution in [0, 0.1) is 6.92 Å². The average molecular weight is 352 g/mol. The largest absolute Gasteiger partial charge is 0.351 e. The van der Waals surface area contributed by atoms with Gasteiger partial charge in [0, 0.05) is 25.1 Å². The Morgan fingerprint density at radius 2 is 1.88 bits per heavy atom. The highest BCUT2D eigenvalue weighted by molar-refractivity contribution is 7.90. The lowest BCUT2D eigenvalue weighted by Crippen LogP contribution is -2.23. The summed E-state index contributed by atoms with van der Waals surface area (Å²) >= 11 is 0. The number of ketones is 1. The number of nitrogens with one attached hydrogen (secondary N) is 2. The van der Waals surface area contributed by atoms with Crippen LogP contribution in [0.2, 0.25) is 0 Å². The van der Waals surface area contributed by atoms with E-state index in [1.807, 2.05) is 0 Å². The highest BCUT2D eigenvalue weighted by atomic mass is 32.2. The number of carbonyl (C=O) groups excluding carboxylic acids is 2. The second kappa shape index (κ2) is 5.96. The van der Waals surface area contributed by atoms with Gasteiger partial charge in [-0.05, 0) is 24.6 Å². The molecule has 0 spiro atoms. The Balaban J connectivity index is 2.69.